The zero-order valence-corrected chi connectivity index (χ0v) is 26.1. The van der Waals surface area contributed by atoms with E-state index < -0.39 is 69.5 Å². The Morgan fingerprint density at radius 3 is 2.40 bits per heavy atom. The number of aryl methyl sites for hydroxylation is 1. The summed E-state index contributed by atoms with van der Waals surface area (Å²) in [6.07, 6.45) is -4.37. The number of halogens is 5. The van der Waals surface area contributed by atoms with E-state index in [4.69, 9.17) is 4.74 Å². The molecule has 0 aliphatic carbocycles. The highest BCUT2D eigenvalue weighted by Crippen LogP contribution is 2.38. The predicted molar refractivity (Wildman–Crippen MR) is 164 cm³/mol. The largest absolute Gasteiger partial charge is 0.507 e. The van der Waals surface area contributed by atoms with Gasteiger partial charge in [0.2, 0.25) is 0 Å². The standard InChI is InChI=1S/C32H31F5N6O4/c1-16-10-11-38-24(18(3)32(35,36)37)26(16)43-28-19(14-21(34)25(39-28)23-20(33)8-7-9-22(23)44)27(40-29(43)45)42-13-12-41(15-17(42)2)30(46)47-31(4,5)6/h7-11,14,17,44H,3,12-13,15H2,1-2,4-6H3/t17-/m0/s1. The lowest BCUT2D eigenvalue weighted by atomic mass is 10.1. The van der Waals surface area contributed by atoms with E-state index in [1.807, 2.05) is 0 Å². The van der Waals surface area contributed by atoms with E-state index in [-0.39, 0.29) is 47.7 Å². The van der Waals surface area contributed by atoms with E-state index in [0.717, 1.165) is 29.0 Å². The van der Waals surface area contributed by atoms with E-state index in [2.05, 4.69) is 21.5 Å². The maximum Gasteiger partial charge on any atom is 0.417 e. The monoisotopic (exact) mass is 658 g/mol. The second kappa shape index (κ2) is 11.9. The number of benzene rings is 1. The lowest BCUT2D eigenvalue weighted by Gasteiger charge is -2.41. The fourth-order valence-electron chi connectivity index (χ4n) is 5.40. The highest BCUT2D eigenvalue weighted by Gasteiger charge is 2.37. The van der Waals surface area contributed by atoms with Crippen LogP contribution in [0.2, 0.25) is 0 Å². The van der Waals surface area contributed by atoms with Crippen LogP contribution in [0.15, 0.2) is 47.9 Å². The molecular weight excluding hydrogens is 627 g/mol. The summed E-state index contributed by atoms with van der Waals surface area (Å²) in [5, 5.41) is 10.3. The average Bonchev–Trinajstić information content (AvgIpc) is 2.96. The molecule has 1 saturated heterocycles. The number of ether oxygens (including phenoxy) is 1. The Labute approximate surface area is 265 Å². The van der Waals surface area contributed by atoms with E-state index in [9.17, 15) is 32.3 Å². The van der Waals surface area contributed by atoms with Crippen LogP contribution in [0.5, 0.6) is 5.75 Å². The number of aromatic nitrogens is 4. The van der Waals surface area contributed by atoms with Gasteiger partial charge < -0.3 is 19.6 Å². The number of nitrogens with zero attached hydrogens (tertiary/aromatic N) is 6. The van der Waals surface area contributed by atoms with Gasteiger partial charge in [0.1, 0.15) is 28.7 Å². The number of hydrogen-bond acceptors (Lipinski definition) is 8. The molecule has 5 rings (SSSR count). The maximum atomic E-state index is 15.9. The average molecular weight is 659 g/mol. The van der Waals surface area contributed by atoms with Crippen LogP contribution >= 0.6 is 0 Å². The molecule has 10 nitrogen and oxygen atoms in total. The van der Waals surface area contributed by atoms with Gasteiger partial charge in [0.25, 0.3) is 0 Å². The molecule has 1 aromatic carbocycles. The number of piperazine rings is 1. The summed E-state index contributed by atoms with van der Waals surface area (Å²) in [6, 6.07) is 5.06. The second-order valence-electron chi connectivity index (χ2n) is 12.1. The number of fused-ring (bicyclic) bond motifs is 1. The number of carbonyl (C=O) groups excluding carboxylic acids is 1. The molecule has 1 fully saturated rings. The van der Waals surface area contributed by atoms with Gasteiger partial charge in [-0.05, 0) is 64.4 Å². The number of pyridine rings is 2. The SMILES string of the molecule is C=C(c1nccc(C)c1-n1c(=O)nc(N2CCN(C(=O)OC(C)(C)C)C[C@@H]2C)c2cc(F)c(-c3c(O)cccc3F)nc21)C(F)(F)F. The van der Waals surface area contributed by atoms with E-state index in [0.29, 0.717) is 0 Å². The fourth-order valence-corrected chi connectivity index (χ4v) is 5.40. The van der Waals surface area contributed by atoms with Gasteiger partial charge in [-0.3, -0.25) is 4.98 Å². The van der Waals surface area contributed by atoms with Crippen LogP contribution in [0.1, 0.15) is 39.0 Å². The summed E-state index contributed by atoms with van der Waals surface area (Å²) in [4.78, 5) is 42.1. The van der Waals surface area contributed by atoms with Gasteiger partial charge in [0, 0.05) is 31.9 Å². The molecule has 0 unspecified atom stereocenters. The highest BCUT2D eigenvalue weighted by molar-refractivity contribution is 5.91. The van der Waals surface area contributed by atoms with Crippen LogP contribution in [0.4, 0.5) is 32.6 Å². The lowest BCUT2D eigenvalue weighted by molar-refractivity contribution is -0.0689. The molecule has 1 aliphatic heterocycles. The first-order chi connectivity index (χ1) is 21.9. The molecule has 1 aliphatic rings. The van der Waals surface area contributed by atoms with Crippen molar-refractivity contribution in [2.24, 2.45) is 0 Å². The van der Waals surface area contributed by atoms with Gasteiger partial charge in [-0.1, -0.05) is 12.6 Å². The van der Waals surface area contributed by atoms with Gasteiger partial charge in [0.05, 0.1) is 27.9 Å². The molecule has 4 aromatic rings. The Morgan fingerprint density at radius 2 is 1.79 bits per heavy atom. The Morgan fingerprint density at radius 1 is 1.09 bits per heavy atom. The number of allylic oxidation sites excluding steroid dienone is 1. The van der Waals surface area contributed by atoms with Crippen molar-refractivity contribution in [3.63, 3.8) is 0 Å². The first-order valence-electron chi connectivity index (χ1n) is 14.5. The van der Waals surface area contributed by atoms with Crippen molar-refractivity contribution < 1.29 is 36.6 Å². The smallest absolute Gasteiger partial charge is 0.417 e. The van der Waals surface area contributed by atoms with E-state index in [1.165, 1.54) is 24.0 Å². The molecule has 0 bridgehead atoms. The normalized spacial score (nSPS) is 15.7. The minimum atomic E-state index is -4.94. The van der Waals surface area contributed by atoms with Crippen molar-refractivity contribution >= 4 is 28.5 Å². The number of carbonyl (C=O) groups is 1. The summed E-state index contributed by atoms with van der Waals surface area (Å²) < 4.78 is 78.8. The number of rotatable bonds is 4. The minimum Gasteiger partial charge on any atom is -0.507 e. The van der Waals surface area contributed by atoms with Gasteiger partial charge >= 0.3 is 18.0 Å². The van der Waals surface area contributed by atoms with Crippen LogP contribution in [-0.4, -0.2) is 73.1 Å². The van der Waals surface area contributed by atoms with Crippen molar-refractivity contribution in [2.45, 2.75) is 52.4 Å². The van der Waals surface area contributed by atoms with E-state index >= 15 is 4.39 Å². The maximum absolute atomic E-state index is 15.9. The van der Waals surface area contributed by atoms with Crippen LogP contribution in [0.3, 0.4) is 0 Å². The van der Waals surface area contributed by atoms with Crippen molar-refractivity contribution in [2.75, 3.05) is 24.5 Å². The van der Waals surface area contributed by atoms with Crippen molar-refractivity contribution in [1.82, 2.24) is 24.4 Å². The number of phenolic OH excluding ortho intramolecular Hbond substituents is 1. The molecule has 0 spiro atoms. The summed E-state index contributed by atoms with van der Waals surface area (Å²) in [5.41, 5.74) is -5.80. The molecule has 248 valence electrons. The molecule has 1 amide bonds. The van der Waals surface area contributed by atoms with Gasteiger partial charge in [-0.15, -0.1) is 0 Å². The van der Waals surface area contributed by atoms with Crippen LogP contribution in [-0.2, 0) is 4.74 Å². The first-order valence-corrected chi connectivity index (χ1v) is 14.5. The minimum absolute atomic E-state index is 0.0639. The lowest BCUT2D eigenvalue weighted by Crippen LogP contribution is -2.55. The second-order valence-corrected chi connectivity index (χ2v) is 12.1. The number of anilines is 1. The molecule has 0 saturated carbocycles. The van der Waals surface area contributed by atoms with Gasteiger partial charge in [0.15, 0.2) is 11.5 Å². The zero-order chi connectivity index (χ0) is 34.6. The van der Waals surface area contributed by atoms with Crippen LogP contribution in [0, 0.1) is 18.6 Å². The number of hydrogen-bond donors (Lipinski definition) is 1. The molecular formula is C32H31F5N6O4. The van der Waals surface area contributed by atoms with Crippen molar-refractivity contribution in [3.05, 3.63) is 76.5 Å². The molecule has 4 heterocycles. The third kappa shape index (κ3) is 6.33. The number of alkyl halides is 3. The quantitative estimate of drug-likeness (QED) is 0.260. The zero-order valence-electron chi connectivity index (χ0n) is 26.1. The predicted octanol–water partition coefficient (Wildman–Crippen LogP) is 6.16. The Hall–Kier alpha value is -5.08. The molecule has 15 heteroatoms. The van der Waals surface area contributed by atoms with Gasteiger partial charge in [-0.25, -0.2) is 27.9 Å². The Bertz CT molecular complexity index is 1950. The molecule has 3 aromatic heterocycles. The third-order valence-electron chi connectivity index (χ3n) is 7.56. The van der Waals surface area contributed by atoms with Crippen molar-refractivity contribution in [1.29, 1.82) is 0 Å². The Kier molecular flexibility index (Phi) is 8.45. The van der Waals surface area contributed by atoms with Crippen molar-refractivity contribution in [3.8, 4) is 22.7 Å². The first kappa shape index (κ1) is 33.3. The number of phenols is 1. The molecule has 0 radical (unpaired) electrons. The topological polar surface area (TPSA) is 114 Å². The van der Waals surface area contributed by atoms with Gasteiger partial charge in [-0.2, -0.15) is 18.2 Å². The summed E-state index contributed by atoms with van der Waals surface area (Å²) in [6.45, 7) is 11.9. The van der Waals surface area contributed by atoms with Crippen LogP contribution in [0.25, 0.3) is 33.6 Å². The van der Waals surface area contributed by atoms with E-state index in [1.54, 1.807) is 32.6 Å². The summed E-state index contributed by atoms with van der Waals surface area (Å²) >= 11 is 0. The number of amides is 1. The third-order valence-corrected chi connectivity index (χ3v) is 7.56. The Balaban J connectivity index is 1.77. The summed E-state index contributed by atoms with van der Waals surface area (Å²) in [5.74, 6) is -2.86. The highest BCUT2D eigenvalue weighted by atomic mass is 19.4. The fraction of sp³-hybridized carbons (Fsp3) is 0.344. The summed E-state index contributed by atoms with van der Waals surface area (Å²) in [7, 11) is 0. The number of aromatic hydroxyl groups is 1. The molecule has 47 heavy (non-hydrogen) atoms. The van der Waals surface area contributed by atoms with Crippen LogP contribution < -0.4 is 10.6 Å². The molecule has 1 atom stereocenters. The molecule has 1 N–H and O–H groups in total.